The van der Waals surface area contributed by atoms with Crippen molar-refractivity contribution in [1.29, 1.82) is 0 Å². The van der Waals surface area contributed by atoms with E-state index in [2.05, 4.69) is 46.5 Å². The molecule has 0 aromatic carbocycles. The summed E-state index contributed by atoms with van der Waals surface area (Å²) in [5, 5.41) is 11.4. The van der Waals surface area contributed by atoms with Gasteiger partial charge in [-0.05, 0) is 26.3 Å². The van der Waals surface area contributed by atoms with Gasteiger partial charge in [-0.2, -0.15) is 5.10 Å². The molecule has 0 unspecified atom stereocenters. The van der Waals surface area contributed by atoms with Gasteiger partial charge in [-0.25, -0.2) is 0 Å². The average Bonchev–Trinajstić information content (AvgIpc) is 2.92. The van der Waals surface area contributed by atoms with E-state index in [4.69, 9.17) is 4.74 Å². The lowest BCUT2D eigenvalue weighted by molar-refractivity contribution is 0.180. The number of hydrogen-bond acceptors (Lipinski definition) is 4. The highest BCUT2D eigenvalue weighted by Gasteiger charge is 2.13. The van der Waals surface area contributed by atoms with Crippen LogP contribution < -0.4 is 10.6 Å². The Morgan fingerprint density at radius 1 is 1.24 bits per heavy atom. The Kier molecular flexibility index (Phi) is 10.2. The van der Waals surface area contributed by atoms with E-state index in [1.165, 1.54) is 17.0 Å². The van der Waals surface area contributed by atoms with Gasteiger partial charge in [0.15, 0.2) is 5.96 Å². The predicted octanol–water partition coefficient (Wildman–Crippen LogP) is 1.18. The molecule has 7 heteroatoms. The summed E-state index contributed by atoms with van der Waals surface area (Å²) in [5.41, 5.74) is 3.75. The Labute approximate surface area is 152 Å². The molecule has 0 aliphatic rings. The maximum atomic E-state index is 5.09. The number of ether oxygens (including phenoxy) is 1. The number of nitrogens with one attached hydrogen (secondary N) is 2. The van der Waals surface area contributed by atoms with Crippen molar-refractivity contribution in [2.45, 2.75) is 39.7 Å². The van der Waals surface area contributed by atoms with Crippen molar-refractivity contribution in [3.63, 3.8) is 0 Å². The SMILES string of the molecule is CCc1nn(C)c(CC)c1CNC(=NC)NCCN(C)CCCOC. The van der Waals surface area contributed by atoms with E-state index in [1.807, 2.05) is 18.8 Å². The number of aryl methyl sites for hydroxylation is 2. The van der Waals surface area contributed by atoms with Crippen molar-refractivity contribution >= 4 is 5.96 Å². The van der Waals surface area contributed by atoms with Gasteiger partial charge in [-0.15, -0.1) is 0 Å². The van der Waals surface area contributed by atoms with Crippen molar-refractivity contribution in [2.75, 3.05) is 47.4 Å². The van der Waals surface area contributed by atoms with Crippen LogP contribution in [-0.2, 0) is 31.2 Å². The molecule has 0 amide bonds. The summed E-state index contributed by atoms with van der Waals surface area (Å²) >= 11 is 0. The minimum Gasteiger partial charge on any atom is -0.385 e. The lowest BCUT2D eigenvalue weighted by atomic mass is 10.1. The molecule has 1 aromatic heterocycles. The first-order chi connectivity index (χ1) is 12.1. The zero-order valence-electron chi connectivity index (χ0n) is 16.9. The van der Waals surface area contributed by atoms with Crippen LogP contribution in [0.3, 0.4) is 0 Å². The molecule has 144 valence electrons. The van der Waals surface area contributed by atoms with Gasteiger partial charge >= 0.3 is 0 Å². The van der Waals surface area contributed by atoms with Gasteiger partial charge in [-0.1, -0.05) is 13.8 Å². The summed E-state index contributed by atoms with van der Waals surface area (Å²) in [5.74, 6) is 0.832. The van der Waals surface area contributed by atoms with E-state index in [1.54, 1.807) is 7.11 Å². The standard InChI is InChI=1S/C18H36N6O/c1-7-16-15(17(8-2)24(5)22-16)14-21-18(19-3)20-10-12-23(4)11-9-13-25-6/h7-14H2,1-6H3,(H2,19,20,21). The van der Waals surface area contributed by atoms with Crippen molar-refractivity contribution in [3.8, 4) is 0 Å². The molecule has 0 saturated heterocycles. The molecule has 1 rings (SSSR count). The number of nitrogens with zero attached hydrogens (tertiary/aromatic N) is 4. The number of guanidine groups is 1. The zero-order chi connectivity index (χ0) is 18.7. The lowest BCUT2D eigenvalue weighted by Crippen LogP contribution is -2.41. The number of hydrogen-bond donors (Lipinski definition) is 2. The van der Waals surface area contributed by atoms with Crippen LogP contribution in [0, 0.1) is 0 Å². The predicted molar refractivity (Wildman–Crippen MR) is 104 cm³/mol. The highest BCUT2D eigenvalue weighted by Crippen LogP contribution is 2.15. The summed E-state index contributed by atoms with van der Waals surface area (Å²) in [6, 6.07) is 0. The topological polar surface area (TPSA) is 66.7 Å². The number of methoxy groups -OCH3 is 1. The van der Waals surface area contributed by atoms with Gasteiger partial charge in [0.25, 0.3) is 0 Å². The molecule has 1 aromatic rings. The van der Waals surface area contributed by atoms with E-state index >= 15 is 0 Å². The quantitative estimate of drug-likeness (QED) is 0.356. The summed E-state index contributed by atoms with van der Waals surface area (Å²) in [6.07, 6.45) is 2.99. The lowest BCUT2D eigenvalue weighted by Gasteiger charge is -2.18. The molecule has 0 radical (unpaired) electrons. The molecule has 0 spiro atoms. The third-order valence-electron chi connectivity index (χ3n) is 4.36. The monoisotopic (exact) mass is 352 g/mol. The van der Waals surface area contributed by atoms with E-state index in [0.717, 1.165) is 58.0 Å². The van der Waals surface area contributed by atoms with Crippen LogP contribution in [0.25, 0.3) is 0 Å². The molecule has 0 aliphatic heterocycles. The van der Waals surface area contributed by atoms with Gasteiger partial charge in [0, 0.05) is 65.2 Å². The zero-order valence-corrected chi connectivity index (χ0v) is 16.9. The minimum atomic E-state index is 0.754. The molecule has 7 nitrogen and oxygen atoms in total. The van der Waals surface area contributed by atoms with Crippen molar-refractivity contribution in [3.05, 3.63) is 17.0 Å². The van der Waals surface area contributed by atoms with Gasteiger partial charge in [0.05, 0.1) is 5.69 Å². The van der Waals surface area contributed by atoms with E-state index in [9.17, 15) is 0 Å². The molecule has 0 aliphatic carbocycles. The van der Waals surface area contributed by atoms with Crippen LogP contribution in [0.5, 0.6) is 0 Å². The highest BCUT2D eigenvalue weighted by molar-refractivity contribution is 5.79. The Morgan fingerprint density at radius 3 is 2.60 bits per heavy atom. The number of likely N-dealkylation sites (N-methyl/N-ethyl adjacent to an activating group) is 1. The first-order valence-corrected chi connectivity index (χ1v) is 9.22. The molecular weight excluding hydrogens is 316 g/mol. The second-order valence-electron chi connectivity index (χ2n) is 6.20. The highest BCUT2D eigenvalue weighted by atomic mass is 16.5. The third kappa shape index (κ3) is 7.04. The van der Waals surface area contributed by atoms with Crippen LogP contribution in [0.2, 0.25) is 0 Å². The van der Waals surface area contributed by atoms with E-state index < -0.39 is 0 Å². The fourth-order valence-corrected chi connectivity index (χ4v) is 2.94. The minimum absolute atomic E-state index is 0.754. The molecule has 2 N–H and O–H groups in total. The summed E-state index contributed by atoms with van der Waals surface area (Å²) in [7, 11) is 7.70. The fraction of sp³-hybridized carbons (Fsp3) is 0.778. The number of rotatable bonds is 11. The fourth-order valence-electron chi connectivity index (χ4n) is 2.94. The van der Waals surface area contributed by atoms with Gasteiger partial charge < -0.3 is 20.3 Å². The number of aliphatic imine (C=N–C) groups is 1. The normalized spacial score (nSPS) is 12.0. The Bertz CT molecular complexity index is 526. The molecule has 1 heterocycles. The van der Waals surface area contributed by atoms with Gasteiger partial charge in [0.1, 0.15) is 0 Å². The van der Waals surface area contributed by atoms with Gasteiger partial charge in [-0.3, -0.25) is 9.67 Å². The number of aromatic nitrogens is 2. The van der Waals surface area contributed by atoms with Crippen LogP contribution >= 0.6 is 0 Å². The van der Waals surface area contributed by atoms with Crippen LogP contribution in [0.1, 0.15) is 37.2 Å². The largest absolute Gasteiger partial charge is 0.385 e. The van der Waals surface area contributed by atoms with Crippen molar-refractivity contribution < 1.29 is 4.74 Å². The maximum absolute atomic E-state index is 5.09. The first-order valence-electron chi connectivity index (χ1n) is 9.22. The van der Waals surface area contributed by atoms with Crippen molar-refractivity contribution in [2.24, 2.45) is 12.0 Å². The molecule has 0 fully saturated rings. The van der Waals surface area contributed by atoms with E-state index in [0.29, 0.717) is 0 Å². The maximum Gasteiger partial charge on any atom is 0.191 e. The Morgan fingerprint density at radius 2 is 2.00 bits per heavy atom. The van der Waals surface area contributed by atoms with Gasteiger partial charge in [0.2, 0.25) is 0 Å². The smallest absolute Gasteiger partial charge is 0.191 e. The molecule has 25 heavy (non-hydrogen) atoms. The van der Waals surface area contributed by atoms with Crippen LogP contribution in [-0.4, -0.2) is 68.1 Å². The van der Waals surface area contributed by atoms with Crippen LogP contribution in [0.15, 0.2) is 4.99 Å². The summed E-state index contributed by atoms with van der Waals surface area (Å²) < 4.78 is 7.09. The molecule has 0 atom stereocenters. The molecular formula is C18H36N6O. The van der Waals surface area contributed by atoms with Crippen molar-refractivity contribution in [1.82, 2.24) is 25.3 Å². The molecule has 0 bridgehead atoms. The second-order valence-corrected chi connectivity index (χ2v) is 6.20. The summed E-state index contributed by atoms with van der Waals surface area (Å²) in [4.78, 5) is 6.62. The second kappa shape index (κ2) is 11.9. The van der Waals surface area contributed by atoms with Crippen LogP contribution in [0.4, 0.5) is 0 Å². The Balaban J connectivity index is 2.45. The van der Waals surface area contributed by atoms with E-state index in [-0.39, 0.29) is 0 Å². The first kappa shape index (κ1) is 21.4. The third-order valence-corrected chi connectivity index (χ3v) is 4.36. The summed E-state index contributed by atoms with van der Waals surface area (Å²) in [6.45, 7) is 8.76. The molecule has 0 saturated carbocycles. The Hall–Kier alpha value is -1.60. The average molecular weight is 353 g/mol.